The first-order valence-corrected chi connectivity index (χ1v) is 10.0. The van der Waals surface area contributed by atoms with E-state index in [4.69, 9.17) is 0 Å². The third kappa shape index (κ3) is 3.42. The molecule has 0 aliphatic carbocycles. The molecule has 0 spiro atoms. The van der Waals surface area contributed by atoms with Crippen molar-refractivity contribution in [2.24, 2.45) is 0 Å². The van der Waals surface area contributed by atoms with Crippen LogP contribution in [0.2, 0.25) is 0 Å². The van der Waals surface area contributed by atoms with Crippen molar-refractivity contribution in [1.29, 1.82) is 0 Å². The highest BCUT2D eigenvalue weighted by molar-refractivity contribution is 9.10. The van der Waals surface area contributed by atoms with Crippen LogP contribution in [0.25, 0.3) is 28.2 Å². The number of benzene rings is 3. The van der Waals surface area contributed by atoms with Gasteiger partial charge in [-0.05, 0) is 66.6 Å². The van der Waals surface area contributed by atoms with Crippen molar-refractivity contribution >= 4 is 31.9 Å². The van der Waals surface area contributed by atoms with Crippen LogP contribution in [0.5, 0.6) is 0 Å². The van der Waals surface area contributed by atoms with E-state index < -0.39 is 0 Å². The summed E-state index contributed by atoms with van der Waals surface area (Å²) in [6, 6.07) is 30.0. The van der Waals surface area contributed by atoms with Gasteiger partial charge in [0.2, 0.25) is 0 Å². The summed E-state index contributed by atoms with van der Waals surface area (Å²) in [7, 11) is 0. The van der Waals surface area contributed by atoms with E-state index in [1.807, 2.05) is 0 Å². The van der Waals surface area contributed by atoms with Crippen LogP contribution in [0.15, 0.2) is 93.9 Å². The summed E-state index contributed by atoms with van der Waals surface area (Å²) in [5.74, 6) is 0. The average Bonchev–Trinajstić information content (AvgIpc) is 3.08. The van der Waals surface area contributed by atoms with E-state index >= 15 is 0 Å². The Morgan fingerprint density at radius 2 is 0.962 bits per heavy atom. The number of hydrogen-bond acceptors (Lipinski definition) is 0. The van der Waals surface area contributed by atoms with Gasteiger partial charge in [0.15, 0.2) is 0 Å². The molecule has 3 aromatic carbocycles. The normalized spacial score (nSPS) is 10.9. The molecular weight excluding hydrogens is 450 g/mol. The number of nitrogens with zero attached hydrogens (tertiary/aromatic N) is 1. The quantitative estimate of drug-likeness (QED) is 0.292. The van der Waals surface area contributed by atoms with Crippen molar-refractivity contribution in [3.8, 4) is 28.2 Å². The van der Waals surface area contributed by atoms with Crippen LogP contribution in [0.1, 0.15) is 5.56 Å². The van der Waals surface area contributed by atoms with Gasteiger partial charge in [0, 0.05) is 14.6 Å². The molecule has 0 aliphatic rings. The molecule has 0 fully saturated rings. The van der Waals surface area contributed by atoms with Crippen LogP contribution < -0.4 is 0 Å². The standard InChI is InChI=1S/C23H17Br2N/c1-16-2-12-21(13-3-16)26-22(17-4-8-19(24)9-5-17)14-15-23(26)18-6-10-20(25)11-7-18/h2-15H,1H3. The highest BCUT2D eigenvalue weighted by Crippen LogP contribution is 2.33. The van der Waals surface area contributed by atoms with Gasteiger partial charge in [0.25, 0.3) is 0 Å². The highest BCUT2D eigenvalue weighted by atomic mass is 79.9. The SMILES string of the molecule is Cc1ccc(-n2c(-c3ccc(Br)cc3)ccc2-c2ccc(Br)cc2)cc1. The van der Waals surface area contributed by atoms with Gasteiger partial charge in [-0.25, -0.2) is 0 Å². The van der Waals surface area contributed by atoms with E-state index in [0.29, 0.717) is 0 Å². The maximum Gasteiger partial charge on any atom is 0.0535 e. The molecule has 128 valence electrons. The van der Waals surface area contributed by atoms with Crippen LogP contribution in [0.3, 0.4) is 0 Å². The third-order valence-electron chi connectivity index (χ3n) is 4.45. The van der Waals surface area contributed by atoms with Gasteiger partial charge < -0.3 is 4.57 Å². The van der Waals surface area contributed by atoms with E-state index in [0.717, 1.165) is 14.6 Å². The van der Waals surface area contributed by atoms with E-state index in [-0.39, 0.29) is 0 Å². The Kier molecular flexibility index (Phi) is 4.84. The lowest BCUT2D eigenvalue weighted by atomic mass is 10.1. The molecule has 1 nitrogen and oxygen atoms in total. The molecule has 0 saturated carbocycles. The van der Waals surface area contributed by atoms with Gasteiger partial charge in [-0.3, -0.25) is 0 Å². The largest absolute Gasteiger partial charge is 0.309 e. The van der Waals surface area contributed by atoms with Crippen LogP contribution in [-0.2, 0) is 0 Å². The predicted octanol–water partition coefficient (Wildman–Crippen LogP) is 7.64. The molecule has 0 amide bonds. The molecule has 0 bridgehead atoms. The Labute approximate surface area is 170 Å². The first-order chi connectivity index (χ1) is 12.6. The maximum absolute atomic E-state index is 3.53. The van der Waals surface area contributed by atoms with Crippen molar-refractivity contribution in [3.63, 3.8) is 0 Å². The highest BCUT2D eigenvalue weighted by Gasteiger charge is 2.13. The second-order valence-electron chi connectivity index (χ2n) is 6.29. The van der Waals surface area contributed by atoms with Crippen molar-refractivity contribution in [1.82, 2.24) is 4.57 Å². The topological polar surface area (TPSA) is 4.93 Å². The average molecular weight is 467 g/mol. The Hall–Kier alpha value is -2.10. The van der Waals surface area contributed by atoms with Gasteiger partial charge in [-0.1, -0.05) is 73.8 Å². The molecule has 0 saturated heterocycles. The third-order valence-corrected chi connectivity index (χ3v) is 5.51. The molecule has 0 radical (unpaired) electrons. The number of halogens is 2. The molecule has 3 heteroatoms. The van der Waals surface area contributed by atoms with Gasteiger partial charge >= 0.3 is 0 Å². The second kappa shape index (κ2) is 7.26. The Balaban J connectivity index is 1.93. The van der Waals surface area contributed by atoms with E-state index in [1.54, 1.807) is 0 Å². The summed E-state index contributed by atoms with van der Waals surface area (Å²) in [6.45, 7) is 2.12. The monoisotopic (exact) mass is 465 g/mol. The molecule has 4 aromatic rings. The Morgan fingerprint density at radius 1 is 0.538 bits per heavy atom. The van der Waals surface area contributed by atoms with Crippen molar-refractivity contribution in [2.75, 3.05) is 0 Å². The minimum absolute atomic E-state index is 1.09. The lowest BCUT2D eigenvalue weighted by molar-refractivity contribution is 1.09. The molecule has 0 unspecified atom stereocenters. The van der Waals surface area contributed by atoms with E-state index in [1.165, 1.54) is 28.1 Å². The summed E-state index contributed by atoms with van der Waals surface area (Å²) in [5.41, 5.74) is 7.17. The first kappa shape index (κ1) is 17.3. The van der Waals surface area contributed by atoms with Gasteiger partial charge in [0.1, 0.15) is 0 Å². The molecule has 1 heterocycles. The summed E-state index contributed by atoms with van der Waals surface area (Å²) >= 11 is 7.05. The summed E-state index contributed by atoms with van der Waals surface area (Å²) in [6.07, 6.45) is 0. The molecule has 0 aliphatic heterocycles. The van der Waals surface area contributed by atoms with Gasteiger partial charge in [-0.2, -0.15) is 0 Å². The van der Waals surface area contributed by atoms with Crippen LogP contribution in [0.4, 0.5) is 0 Å². The Bertz CT molecular complexity index is 964. The molecule has 0 N–H and O–H groups in total. The number of aromatic nitrogens is 1. The predicted molar refractivity (Wildman–Crippen MR) is 117 cm³/mol. The first-order valence-electron chi connectivity index (χ1n) is 8.42. The number of hydrogen-bond donors (Lipinski definition) is 0. The zero-order chi connectivity index (χ0) is 18.1. The van der Waals surface area contributed by atoms with Crippen LogP contribution in [-0.4, -0.2) is 4.57 Å². The van der Waals surface area contributed by atoms with E-state index in [2.05, 4.69) is 128 Å². The Morgan fingerprint density at radius 3 is 1.38 bits per heavy atom. The van der Waals surface area contributed by atoms with Crippen LogP contribution in [0, 0.1) is 6.92 Å². The smallest absolute Gasteiger partial charge is 0.0535 e. The molecule has 4 rings (SSSR count). The molecule has 0 atom stereocenters. The number of rotatable bonds is 3. The summed E-state index contributed by atoms with van der Waals surface area (Å²) in [4.78, 5) is 0. The van der Waals surface area contributed by atoms with Crippen molar-refractivity contribution in [2.45, 2.75) is 6.92 Å². The molecule has 26 heavy (non-hydrogen) atoms. The van der Waals surface area contributed by atoms with E-state index in [9.17, 15) is 0 Å². The minimum Gasteiger partial charge on any atom is -0.309 e. The summed E-state index contributed by atoms with van der Waals surface area (Å²) < 4.78 is 4.50. The summed E-state index contributed by atoms with van der Waals surface area (Å²) in [5, 5.41) is 0. The number of aryl methyl sites for hydroxylation is 1. The van der Waals surface area contributed by atoms with Crippen molar-refractivity contribution in [3.05, 3.63) is 99.4 Å². The van der Waals surface area contributed by atoms with Gasteiger partial charge in [0.05, 0.1) is 11.4 Å². The molecule has 1 aromatic heterocycles. The van der Waals surface area contributed by atoms with Gasteiger partial charge in [-0.15, -0.1) is 0 Å². The fourth-order valence-electron chi connectivity index (χ4n) is 3.10. The fourth-order valence-corrected chi connectivity index (χ4v) is 3.63. The zero-order valence-corrected chi connectivity index (χ0v) is 17.5. The van der Waals surface area contributed by atoms with Crippen LogP contribution >= 0.6 is 31.9 Å². The molecular formula is C23H17Br2N. The maximum atomic E-state index is 3.53. The zero-order valence-electron chi connectivity index (χ0n) is 14.3. The minimum atomic E-state index is 1.09. The van der Waals surface area contributed by atoms with Crippen molar-refractivity contribution < 1.29 is 0 Å². The second-order valence-corrected chi connectivity index (χ2v) is 8.12. The fraction of sp³-hybridized carbons (Fsp3) is 0.0435. The lowest BCUT2D eigenvalue weighted by Gasteiger charge is -2.15. The lowest BCUT2D eigenvalue weighted by Crippen LogP contribution is -1.99.